The third-order valence-corrected chi connectivity index (χ3v) is 6.07. The fourth-order valence-electron chi connectivity index (χ4n) is 2.85. The lowest BCUT2D eigenvalue weighted by molar-refractivity contribution is 0.432. The third-order valence-electron chi connectivity index (χ3n) is 4.17. The van der Waals surface area contributed by atoms with Gasteiger partial charge in [0.2, 0.25) is 9.84 Å². The molecule has 2 heterocycles. The molecule has 126 valence electrons. The van der Waals surface area contributed by atoms with Crippen LogP contribution >= 0.6 is 0 Å². The SMILES string of the molecule is CC1=Cc2cc3nccc(Nc4ccc(O)c(F)c4)c3cc2S1(=O)=O. The van der Waals surface area contributed by atoms with E-state index < -0.39 is 21.4 Å². The number of rotatable bonds is 2. The molecule has 7 heteroatoms. The first-order valence-corrected chi connectivity index (χ1v) is 8.96. The molecule has 0 bridgehead atoms. The van der Waals surface area contributed by atoms with Crippen molar-refractivity contribution in [2.75, 3.05) is 5.32 Å². The van der Waals surface area contributed by atoms with Crippen molar-refractivity contribution < 1.29 is 17.9 Å². The van der Waals surface area contributed by atoms with E-state index in [0.29, 0.717) is 32.7 Å². The lowest BCUT2D eigenvalue weighted by atomic mass is 10.1. The van der Waals surface area contributed by atoms with Crippen LogP contribution in [0, 0.1) is 5.82 Å². The number of halogens is 1. The maximum absolute atomic E-state index is 13.5. The molecule has 0 saturated carbocycles. The molecule has 25 heavy (non-hydrogen) atoms. The van der Waals surface area contributed by atoms with E-state index in [-0.39, 0.29) is 4.90 Å². The largest absolute Gasteiger partial charge is 0.505 e. The van der Waals surface area contributed by atoms with Gasteiger partial charge in [-0.3, -0.25) is 4.98 Å². The summed E-state index contributed by atoms with van der Waals surface area (Å²) in [5.74, 6) is -1.18. The van der Waals surface area contributed by atoms with E-state index in [4.69, 9.17) is 0 Å². The first-order valence-electron chi connectivity index (χ1n) is 7.48. The number of phenols is 1. The van der Waals surface area contributed by atoms with Gasteiger partial charge in [0.15, 0.2) is 11.6 Å². The summed E-state index contributed by atoms with van der Waals surface area (Å²) >= 11 is 0. The van der Waals surface area contributed by atoms with E-state index in [1.54, 1.807) is 37.4 Å². The minimum Gasteiger partial charge on any atom is -0.505 e. The first kappa shape index (κ1) is 15.6. The zero-order valence-electron chi connectivity index (χ0n) is 13.1. The van der Waals surface area contributed by atoms with E-state index in [1.807, 2.05) is 0 Å². The molecular formula is C18H13FN2O3S. The molecule has 0 amide bonds. The Morgan fingerprint density at radius 2 is 1.96 bits per heavy atom. The van der Waals surface area contributed by atoms with Gasteiger partial charge in [-0.2, -0.15) is 0 Å². The van der Waals surface area contributed by atoms with E-state index in [0.717, 1.165) is 6.07 Å². The highest BCUT2D eigenvalue weighted by molar-refractivity contribution is 7.95. The number of aromatic hydroxyl groups is 1. The molecule has 0 unspecified atom stereocenters. The standard InChI is InChI=1S/C18H13FN2O3S/c1-10-6-11-7-16-13(9-18(11)25(10,23)24)15(4-5-20-16)21-12-2-3-17(22)14(19)8-12/h2-9,22H,1H3,(H,20,21). The minimum atomic E-state index is -3.47. The molecule has 1 aliphatic heterocycles. The Morgan fingerprint density at radius 3 is 2.72 bits per heavy atom. The Bertz CT molecular complexity index is 1170. The summed E-state index contributed by atoms with van der Waals surface area (Å²) in [6.07, 6.45) is 3.22. The van der Waals surface area contributed by atoms with Gasteiger partial charge >= 0.3 is 0 Å². The Balaban J connectivity index is 1.86. The summed E-state index contributed by atoms with van der Waals surface area (Å²) in [6, 6.07) is 8.93. The lowest BCUT2D eigenvalue weighted by Gasteiger charge is -2.11. The van der Waals surface area contributed by atoms with Gasteiger partial charge in [-0.1, -0.05) is 0 Å². The molecule has 3 aromatic rings. The lowest BCUT2D eigenvalue weighted by Crippen LogP contribution is -1.99. The molecule has 5 nitrogen and oxygen atoms in total. The van der Waals surface area contributed by atoms with Crippen LogP contribution in [-0.4, -0.2) is 18.5 Å². The van der Waals surface area contributed by atoms with Gasteiger partial charge in [0, 0.05) is 33.9 Å². The quantitative estimate of drug-likeness (QED) is 0.679. The molecule has 4 rings (SSSR count). The van der Waals surface area contributed by atoms with Gasteiger partial charge in [-0.25, -0.2) is 12.8 Å². The Hall–Kier alpha value is -2.93. The van der Waals surface area contributed by atoms with E-state index in [1.165, 1.54) is 12.1 Å². The second-order valence-corrected chi connectivity index (χ2v) is 7.91. The van der Waals surface area contributed by atoms with Crippen LogP contribution in [0.1, 0.15) is 12.5 Å². The monoisotopic (exact) mass is 356 g/mol. The average Bonchev–Trinajstić information content (AvgIpc) is 2.79. The van der Waals surface area contributed by atoms with Crippen molar-refractivity contribution in [2.45, 2.75) is 11.8 Å². The highest BCUT2D eigenvalue weighted by Gasteiger charge is 2.27. The highest BCUT2D eigenvalue weighted by atomic mass is 32.2. The molecule has 0 radical (unpaired) electrons. The summed E-state index contributed by atoms with van der Waals surface area (Å²) in [4.78, 5) is 4.83. The third kappa shape index (κ3) is 2.44. The van der Waals surface area contributed by atoms with Crippen LogP contribution in [0.2, 0.25) is 0 Å². The van der Waals surface area contributed by atoms with Crippen molar-refractivity contribution in [2.24, 2.45) is 0 Å². The number of pyridine rings is 1. The maximum atomic E-state index is 13.5. The van der Waals surface area contributed by atoms with Crippen LogP contribution < -0.4 is 5.32 Å². The molecular weight excluding hydrogens is 343 g/mol. The number of fused-ring (bicyclic) bond motifs is 2. The smallest absolute Gasteiger partial charge is 0.203 e. The zero-order valence-corrected chi connectivity index (χ0v) is 13.9. The van der Waals surface area contributed by atoms with Crippen LogP contribution in [0.4, 0.5) is 15.8 Å². The number of benzene rings is 2. The molecule has 0 saturated heterocycles. The number of allylic oxidation sites excluding steroid dienone is 1. The van der Waals surface area contributed by atoms with Gasteiger partial charge in [0.05, 0.1) is 10.4 Å². The predicted molar refractivity (Wildman–Crippen MR) is 93.9 cm³/mol. The second-order valence-electron chi connectivity index (χ2n) is 5.82. The molecule has 2 N–H and O–H groups in total. The molecule has 1 aromatic heterocycles. The van der Waals surface area contributed by atoms with Crippen molar-refractivity contribution in [1.82, 2.24) is 4.98 Å². The van der Waals surface area contributed by atoms with Crippen molar-refractivity contribution in [1.29, 1.82) is 0 Å². The van der Waals surface area contributed by atoms with Gasteiger partial charge < -0.3 is 10.4 Å². The zero-order chi connectivity index (χ0) is 17.8. The highest BCUT2D eigenvalue weighted by Crippen LogP contribution is 2.37. The first-order chi connectivity index (χ1) is 11.9. The summed E-state index contributed by atoms with van der Waals surface area (Å²) < 4.78 is 38.3. The van der Waals surface area contributed by atoms with Crippen molar-refractivity contribution in [3.63, 3.8) is 0 Å². The van der Waals surface area contributed by atoms with Crippen LogP contribution in [0.15, 0.2) is 52.4 Å². The Labute approximate surface area is 143 Å². The number of nitrogens with zero attached hydrogens (tertiary/aromatic N) is 1. The average molecular weight is 356 g/mol. The summed E-state index contributed by atoms with van der Waals surface area (Å²) in [5.41, 5.74) is 2.27. The normalized spacial score (nSPS) is 15.0. The van der Waals surface area contributed by atoms with Gasteiger partial charge in [-0.05, 0) is 48.9 Å². The number of anilines is 2. The predicted octanol–water partition coefficient (Wildman–Crippen LogP) is 3.97. The number of phenolic OH excluding ortho intramolecular Hbond substituents is 1. The van der Waals surface area contributed by atoms with Crippen molar-refractivity contribution in [3.05, 3.63) is 58.9 Å². The number of hydrogen-bond acceptors (Lipinski definition) is 5. The topological polar surface area (TPSA) is 79.3 Å². The number of hydrogen-bond donors (Lipinski definition) is 2. The summed E-state index contributed by atoms with van der Waals surface area (Å²) in [7, 11) is -3.47. The van der Waals surface area contributed by atoms with Crippen LogP contribution in [-0.2, 0) is 9.84 Å². The van der Waals surface area contributed by atoms with Crippen LogP contribution in [0.3, 0.4) is 0 Å². The second kappa shape index (κ2) is 5.29. The summed E-state index contributed by atoms with van der Waals surface area (Å²) in [5, 5.41) is 12.9. The fraction of sp³-hybridized carbons (Fsp3) is 0.0556. The molecule has 0 spiro atoms. The van der Waals surface area contributed by atoms with Gasteiger partial charge in [-0.15, -0.1) is 0 Å². The Morgan fingerprint density at radius 1 is 1.16 bits per heavy atom. The number of aromatic nitrogens is 1. The van der Waals surface area contributed by atoms with Crippen molar-refractivity contribution >= 4 is 38.2 Å². The van der Waals surface area contributed by atoms with Gasteiger partial charge in [0.1, 0.15) is 0 Å². The molecule has 1 aliphatic rings. The van der Waals surface area contributed by atoms with Crippen LogP contribution in [0.5, 0.6) is 5.75 Å². The molecule has 0 aliphatic carbocycles. The van der Waals surface area contributed by atoms with E-state index in [9.17, 15) is 17.9 Å². The van der Waals surface area contributed by atoms with E-state index >= 15 is 0 Å². The molecule has 0 fully saturated rings. The van der Waals surface area contributed by atoms with Crippen LogP contribution in [0.25, 0.3) is 17.0 Å². The molecule has 0 atom stereocenters. The molecule has 2 aromatic carbocycles. The Kier molecular flexibility index (Phi) is 3.30. The minimum absolute atomic E-state index is 0.241. The summed E-state index contributed by atoms with van der Waals surface area (Å²) in [6.45, 7) is 1.56. The maximum Gasteiger partial charge on any atom is 0.203 e. The number of nitrogens with one attached hydrogen (secondary N) is 1. The van der Waals surface area contributed by atoms with E-state index in [2.05, 4.69) is 10.3 Å². The van der Waals surface area contributed by atoms with Gasteiger partial charge in [0.25, 0.3) is 0 Å². The number of sulfone groups is 1. The van der Waals surface area contributed by atoms with Crippen molar-refractivity contribution in [3.8, 4) is 5.75 Å². The fourth-order valence-corrected chi connectivity index (χ4v) is 4.18.